The van der Waals surface area contributed by atoms with E-state index in [1.807, 2.05) is 4.98 Å². The van der Waals surface area contributed by atoms with Crippen molar-refractivity contribution in [2.45, 2.75) is 72.1 Å². The molecule has 26 nitrogen and oxygen atoms in total. The van der Waals surface area contributed by atoms with Gasteiger partial charge in [-0.15, -0.1) is 19.3 Å². The number of aromatic nitrogens is 9. The number of hydrogen-bond donors (Lipinski definition) is 11. The zero-order valence-corrected chi connectivity index (χ0v) is 57.8. The number of nitrogens with zero attached hydrogens (tertiary/aromatic N) is 8. The van der Waals surface area contributed by atoms with E-state index in [4.69, 9.17) is 39.2 Å². The van der Waals surface area contributed by atoms with E-state index in [-0.39, 0.29) is 232 Å². The summed E-state index contributed by atoms with van der Waals surface area (Å²) < 4.78 is 20.0. The van der Waals surface area contributed by atoms with Gasteiger partial charge in [0.25, 0.3) is 5.56 Å². The second-order valence-electron chi connectivity index (χ2n) is 13.3. The Hall–Kier alpha value is 0.788. The number of aliphatic hydroxyl groups is 9. The van der Waals surface area contributed by atoms with Gasteiger partial charge >= 0.3 is 17.1 Å². The first-order valence-electron chi connectivity index (χ1n) is 17.4. The van der Waals surface area contributed by atoms with Crippen molar-refractivity contribution in [1.29, 1.82) is 0 Å². The van der Waals surface area contributed by atoms with Crippen molar-refractivity contribution in [1.82, 2.24) is 43.4 Å². The molecule has 0 bridgehead atoms. The molecule has 12 atom stereocenters. The summed E-state index contributed by atoms with van der Waals surface area (Å²) in [6.45, 7) is -2.14. The summed E-state index contributed by atoms with van der Waals surface area (Å²) in [5.41, 5.74) is -2.94. The third-order valence-corrected chi connectivity index (χ3v) is 9.70. The summed E-state index contributed by atoms with van der Waals surface area (Å²) >= 11 is 0. The van der Waals surface area contributed by atoms with Crippen LogP contribution in [0.1, 0.15) is 18.7 Å². The van der Waals surface area contributed by atoms with Crippen LogP contribution in [0.25, 0.3) is 5.82 Å². The summed E-state index contributed by atoms with van der Waals surface area (Å²) in [7, 11) is 0. The molecule has 0 aliphatic carbocycles. The zero-order chi connectivity index (χ0) is 45.0. The molecule has 7 heterocycles. The maximum Gasteiger partial charge on any atom is 0.351 e. The van der Waals surface area contributed by atoms with Gasteiger partial charge in [0.15, 0.2) is 41.3 Å². The Morgan fingerprint density at radius 1 is 0.636 bits per heavy atom. The predicted octanol–water partition coefficient (Wildman–Crippen LogP) is -7.97. The molecule has 3 fully saturated rings. The van der Waals surface area contributed by atoms with Crippen LogP contribution in [-0.4, -0.2) is 163 Å². The minimum Gasteiger partial charge on any atom is -0.392 e. The third kappa shape index (κ3) is 13.9. The monoisotopic (exact) mass is 1990 g/mol. The van der Waals surface area contributed by atoms with Gasteiger partial charge in [0.2, 0.25) is 0 Å². The molecule has 3 aliphatic rings. The summed E-state index contributed by atoms with van der Waals surface area (Å²) in [5.74, 6) is 6.52. The first kappa shape index (κ1) is 66.8. The van der Waals surface area contributed by atoms with Crippen LogP contribution >= 0.6 is 0 Å². The van der Waals surface area contributed by atoms with Crippen LogP contribution in [0.15, 0.2) is 68.6 Å². The molecule has 0 saturated carbocycles. The van der Waals surface area contributed by atoms with E-state index < -0.39 is 115 Å². The topological polar surface area (TPSA) is 391 Å². The van der Waals surface area contributed by atoms with Crippen molar-refractivity contribution in [3.63, 3.8) is 0 Å². The van der Waals surface area contributed by atoms with E-state index in [1.165, 1.54) is 41.9 Å². The van der Waals surface area contributed by atoms with Gasteiger partial charge in [-0.3, -0.25) is 23.5 Å². The minimum atomic E-state index is -1.79. The van der Waals surface area contributed by atoms with Crippen LogP contribution in [0.3, 0.4) is 0 Å². The second-order valence-corrected chi connectivity index (χ2v) is 13.3. The number of H-pyrrole nitrogens is 1. The third-order valence-electron chi connectivity index (χ3n) is 9.70. The van der Waals surface area contributed by atoms with Crippen molar-refractivity contribution in [3.05, 3.63) is 91.3 Å². The number of hydrogen-bond acceptors (Lipinski definition) is 21. The molecule has 339 valence electrons. The molecule has 6 unspecified atom stereocenters. The van der Waals surface area contributed by atoms with Crippen LogP contribution in [0.4, 0.5) is 5.82 Å². The van der Waals surface area contributed by atoms with Gasteiger partial charge in [-0.05, 0) is 12.1 Å². The summed E-state index contributed by atoms with van der Waals surface area (Å²) in [6.07, 6.45) is 9.01. The Labute approximate surface area is 551 Å². The number of nitrogens with two attached hydrogens (primary N) is 1. The number of aliphatic hydroxyl groups excluding tert-OH is 9. The molecule has 4 aromatic heterocycles. The Kier molecular flexibility index (Phi) is 29.2. The van der Waals surface area contributed by atoms with Crippen LogP contribution in [-0.2, 0) is 14.2 Å². The molecule has 12 N–H and O–H groups in total. The average Bonchev–Trinajstić information content (AvgIpc) is 4.00. The molecular formula is C35H38Ac5N10O16. The molecule has 31 heteroatoms. The molecule has 5 radical (unpaired) electrons. The molecule has 3 aliphatic heterocycles. The maximum atomic E-state index is 12.2. The number of nitrogens with one attached hydrogen (secondary N) is 1. The van der Waals surface area contributed by atoms with Crippen molar-refractivity contribution in [3.8, 4) is 42.8 Å². The Bertz CT molecular complexity index is 2590. The minimum absolute atomic E-state index is 0. The first-order valence-corrected chi connectivity index (χ1v) is 17.4. The Morgan fingerprint density at radius 3 is 1.36 bits per heavy atom. The molecule has 7 rings (SSSR count). The van der Waals surface area contributed by atoms with E-state index in [1.54, 1.807) is 0 Å². The van der Waals surface area contributed by atoms with E-state index in [0.29, 0.717) is 0 Å². The van der Waals surface area contributed by atoms with Gasteiger partial charge in [0.05, 0.1) is 19.8 Å². The number of terminal acetylenes is 3. The van der Waals surface area contributed by atoms with Crippen molar-refractivity contribution in [2.24, 2.45) is 0 Å². The standard InChI is InChI=1S/C13H13N5O5.C11H13N3O5.C11H12N2O6.5Ac/c1-2-13(5-19)10(21)9(20)11(23-13)17-4-3-8(16-12(17)22)18-7-14-6-15-18;1-2-11(5-15)8(17)7(16)9(19-11)14-4-3-6(12)13-10(14)18;1-2-11(5-14)8(17)7(16)9(19-11)13-4-3-6(15)12-10(13)18;;;;;/h1,3-4,6-7,9-11,19-21H,5H2;1,3-4,7-9,15-17H,5H2,(H2,12,13,18);1,3-4,7-9,14,16-17H,5H2,(H,12,15,18);;;;;/t9?,10?,11-,13-;2*7?,8?,9-,11-;;;;;/m111...../s1. The van der Waals surface area contributed by atoms with Crippen LogP contribution in [0, 0.1) is 257 Å². The maximum absolute atomic E-state index is 12.2. The molecular weight excluding hydrogens is 1950 g/mol. The summed E-state index contributed by atoms with van der Waals surface area (Å²) in [5, 5.41) is 91.1. The smallest absolute Gasteiger partial charge is 0.351 e. The van der Waals surface area contributed by atoms with Gasteiger partial charge in [-0.1, -0.05) is 17.8 Å². The van der Waals surface area contributed by atoms with Gasteiger partial charge in [0, 0.05) is 245 Å². The molecule has 0 amide bonds. The van der Waals surface area contributed by atoms with E-state index in [2.05, 4.69) is 37.8 Å². The van der Waals surface area contributed by atoms with Gasteiger partial charge in [-0.25, -0.2) is 24.0 Å². The predicted molar refractivity (Wildman–Crippen MR) is 200 cm³/mol. The summed E-state index contributed by atoms with van der Waals surface area (Å²) in [4.78, 5) is 59.4. The number of ether oxygens (including phenoxy) is 3. The van der Waals surface area contributed by atoms with Gasteiger partial charge in [-0.2, -0.15) is 15.1 Å². The number of nitrogen functional groups attached to an aromatic ring is 1. The molecule has 0 spiro atoms. The fourth-order valence-electron chi connectivity index (χ4n) is 6.21. The average molecular weight is 1990 g/mol. The van der Waals surface area contributed by atoms with E-state index in [9.17, 15) is 65.1 Å². The molecule has 0 aromatic carbocycles. The molecule has 3 saturated heterocycles. The van der Waals surface area contributed by atoms with Crippen molar-refractivity contribution < 1.29 is 280 Å². The van der Waals surface area contributed by atoms with Gasteiger partial charge in [0.1, 0.15) is 55.1 Å². The van der Waals surface area contributed by atoms with Crippen LogP contribution < -0.4 is 28.4 Å². The Balaban J connectivity index is 0.000000931. The summed E-state index contributed by atoms with van der Waals surface area (Å²) in [6, 6.07) is 3.84. The van der Waals surface area contributed by atoms with E-state index >= 15 is 0 Å². The molecule has 4 aromatic rings. The second kappa shape index (κ2) is 28.9. The largest absolute Gasteiger partial charge is 0.392 e. The fourth-order valence-corrected chi connectivity index (χ4v) is 6.21. The van der Waals surface area contributed by atoms with E-state index in [0.717, 1.165) is 26.0 Å². The van der Waals surface area contributed by atoms with Gasteiger partial charge < -0.3 is 65.9 Å². The Morgan fingerprint density at radius 2 is 1.03 bits per heavy atom. The SMILES string of the molecule is C#C[C@]1(CO)O[C@@H](n2ccc(-n3cncn3)nc2=O)C(O)C1O.C#C[C@]1(CO)O[C@@H](n2ccc(=O)[nH]c2=O)C(O)C1O.C#C[C@]1(CO)O[C@@H](n2ccc(N)nc2=O)C(O)C1O.[Ac].[Ac].[Ac].[Ac].[Ac]. The fraction of sp³-hybridized carbons (Fsp3) is 0.429. The van der Waals surface area contributed by atoms with Crippen LogP contribution in [0.5, 0.6) is 0 Å². The number of anilines is 1. The van der Waals surface area contributed by atoms with Crippen molar-refractivity contribution in [2.75, 3.05) is 25.6 Å². The normalized spacial score (nSPS) is 30.2. The molecule has 66 heavy (non-hydrogen) atoms. The zero-order valence-electron chi connectivity index (χ0n) is 34.1. The number of aromatic amines is 1. The number of rotatable bonds is 7. The first-order chi connectivity index (χ1) is 28.9. The quantitative estimate of drug-likeness (QED) is 0.0766. The van der Waals surface area contributed by atoms with Crippen LogP contribution in [0.2, 0.25) is 0 Å². The van der Waals surface area contributed by atoms with Crippen molar-refractivity contribution >= 4 is 5.82 Å².